The van der Waals surface area contributed by atoms with Gasteiger partial charge in [0.2, 0.25) is 0 Å². The van der Waals surface area contributed by atoms with Crippen molar-refractivity contribution in [3.8, 4) is 0 Å². The van der Waals surface area contributed by atoms with Gasteiger partial charge in [-0.05, 0) is 0 Å². The second kappa shape index (κ2) is 8.08. The van der Waals surface area contributed by atoms with Crippen LogP contribution in [0.15, 0.2) is 76.3 Å². The molecule has 26 heavy (non-hydrogen) atoms. The van der Waals surface area contributed by atoms with E-state index in [4.69, 9.17) is 5.10 Å². The molecule has 0 spiro atoms. The van der Waals surface area contributed by atoms with Gasteiger partial charge in [0, 0.05) is 0 Å². The predicted molar refractivity (Wildman–Crippen MR) is 94.9 cm³/mol. The number of allylic oxidation sites excluding steroid dienone is 5. The maximum absolute atomic E-state index is 4.73. The molecular weight excluding hydrogens is 530 g/mol. The number of halogens is 2. The average Bonchev–Trinajstić information content (AvgIpc) is 3.34. The van der Waals surface area contributed by atoms with E-state index < -0.39 is 22.9 Å². The van der Waals surface area contributed by atoms with E-state index in [1.165, 1.54) is 27.7 Å². The zero-order valence-corrected chi connectivity index (χ0v) is 19.0. The van der Waals surface area contributed by atoms with E-state index in [2.05, 4.69) is 77.5 Å². The molecule has 1 aromatic heterocycles. The third-order valence-corrected chi connectivity index (χ3v) is 10.6. The van der Waals surface area contributed by atoms with Crippen molar-refractivity contribution in [2.75, 3.05) is 0 Å². The van der Waals surface area contributed by atoms with Gasteiger partial charge in [0.25, 0.3) is 0 Å². The number of fused-ring (bicyclic) bond motifs is 2. The second-order valence-corrected chi connectivity index (χ2v) is 11.6. The minimum absolute atomic E-state index is 0. The number of rotatable bonds is 3. The molecule has 0 radical (unpaired) electrons. The summed E-state index contributed by atoms with van der Waals surface area (Å²) in [6, 6.07) is 17.4. The number of aromatic nitrogens is 2. The van der Waals surface area contributed by atoms with Gasteiger partial charge in [0.1, 0.15) is 0 Å². The summed E-state index contributed by atoms with van der Waals surface area (Å²) in [4.78, 5) is 0. The van der Waals surface area contributed by atoms with Crippen molar-refractivity contribution < 1.29 is 47.7 Å². The van der Waals surface area contributed by atoms with Crippen LogP contribution in [-0.4, -0.2) is 9.78 Å². The minimum Gasteiger partial charge on any atom is -1.00 e. The molecule has 0 saturated carbocycles. The molecule has 5 rings (SSSR count). The first-order valence-corrected chi connectivity index (χ1v) is 12.1. The molecule has 0 fully saturated rings. The van der Waals surface area contributed by atoms with Crippen molar-refractivity contribution in [2.45, 2.75) is 10.1 Å². The third kappa shape index (κ3) is 3.28. The molecule has 2 aliphatic rings. The topological polar surface area (TPSA) is 17.8 Å². The molecular formula is C21H16Cl2HfN2. The van der Waals surface area contributed by atoms with Gasteiger partial charge in [-0.2, -0.15) is 0 Å². The minimum atomic E-state index is -0.999. The molecule has 0 bridgehead atoms. The first-order chi connectivity index (χ1) is 11.9. The van der Waals surface area contributed by atoms with Crippen LogP contribution in [0.1, 0.15) is 21.2 Å². The van der Waals surface area contributed by atoms with Crippen LogP contribution in [-0.2, 0) is 22.9 Å². The smallest absolute Gasteiger partial charge is 1.00 e. The van der Waals surface area contributed by atoms with Crippen molar-refractivity contribution in [2.24, 2.45) is 0 Å². The summed E-state index contributed by atoms with van der Waals surface area (Å²) in [5.74, 6) is 0. The zero-order chi connectivity index (χ0) is 15.9. The number of hydrogen-bond donors (Lipinski definition) is 0. The Kier molecular flexibility index (Phi) is 6.01. The van der Waals surface area contributed by atoms with Gasteiger partial charge in [-0.25, -0.2) is 0 Å². The van der Waals surface area contributed by atoms with Crippen molar-refractivity contribution >= 4 is 22.7 Å². The Morgan fingerprint density at radius 3 is 2.65 bits per heavy atom. The van der Waals surface area contributed by atoms with Crippen LogP contribution in [0.4, 0.5) is 0 Å². The standard InChI is InChI=1S/C16H11N2.C5H5.2ClH.Hf/c1-2-6-13-10-15(9-12(13)5-1)18-16-8-4-3-7-14(16)11-17-18;1-2-4-5-3-1;;;/h1-11H;1-3H,4H2;2*1H;/q;;;;+2/p-2. The van der Waals surface area contributed by atoms with Crippen LogP contribution in [0.25, 0.3) is 22.7 Å². The first-order valence-electron chi connectivity index (χ1n) is 8.26. The fraction of sp³-hybridized carbons (Fsp3) is 0.0952. The van der Waals surface area contributed by atoms with Gasteiger partial charge >= 0.3 is 153 Å². The molecule has 2 nitrogen and oxygen atoms in total. The van der Waals surface area contributed by atoms with E-state index in [1.54, 1.807) is 3.33 Å². The largest absolute Gasteiger partial charge is 1.00 e. The van der Waals surface area contributed by atoms with Gasteiger partial charge in [-0.1, -0.05) is 0 Å². The normalized spacial score (nSPS) is 17.0. The van der Waals surface area contributed by atoms with E-state index in [-0.39, 0.29) is 24.8 Å². The number of para-hydroxylation sites is 1. The van der Waals surface area contributed by atoms with Crippen LogP contribution in [0.3, 0.4) is 0 Å². The Morgan fingerprint density at radius 1 is 1.00 bits per heavy atom. The molecule has 2 aliphatic carbocycles. The monoisotopic (exact) mass is 546 g/mol. The van der Waals surface area contributed by atoms with Gasteiger partial charge in [-0.15, -0.1) is 0 Å². The Morgan fingerprint density at radius 2 is 1.81 bits per heavy atom. The molecule has 0 aliphatic heterocycles. The van der Waals surface area contributed by atoms with E-state index in [0.29, 0.717) is 3.67 Å². The Balaban J connectivity index is 0.000000980. The van der Waals surface area contributed by atoms with Crippen molar-refractivity contribution in [3.63, 3.8) is 0 Å². The molecule has 2 aromatic carbocycles. The van der Waals surface area contributed by atoms with E-state index >= 15 is 0 Å². The van der Waals surface area contributed by atoms with Gasteiger partial charge in [0.05, 0.1) is 0 Å². The molecule has 0 N–H and O–H groups in total. The summed E-state index contributed by atoms with van der Waals surface area (Å²) >= 11 is -0.999. The molecule has 1 atom stereocenters. The van der Waals surface area contributed by atoms with Gasteiger partial charge < -0.3 is 24.8 Å². The number of nitrogens with zero attached hydrogens (tertiary/aromatic N) is 2. The summed E-state index contributed by atoms with van der Waals surface area (Å²) in [5.41, 5.74) is 5.46. The number of hydrogen-bond acceptors (Lipinski definition) is 1. The Bertz CT molecular complexity index is 1030. The first kappa shape index (κ1) is 19.3. The summed E-state index contributed by atoms with van der Waals surface area (Å²) in [7, 11) is 0. The summed E-state index contributed by atoms with van der Waals surface area (Å²) in [5, 5.41) is 5.94. The van der Waals surface area contributed by atoms with Crippen molar-refractivity contribution in [3.05, 3.63) is 87.4 Å². The van der Waals surface area contributed by atoms with Crippen molar-refractivity contribution in [1.82, 2.24) is 9.78 Å². The third-order valence-electron chi connectivity index (χ3n) is 4.73. The molecule has 3 aromatic rings. The second-order valence-electron chi connectivity index (χ2n) is 6.21. The summed E-state index contributed by atoms with van der Waals surface area (Å²) < 4.78 is 4.44. The van der Waals surface area contributed by atoms with Crippen LogP contribution in [0.2, 0.25) is 0 Å². The predicted octanol–water partition coefficient (Wildman–Crippen LogP) is -0.977. The summed E-state index contributed by atoms with van der Waals surface area (Å²) in [6.45, 7) is 0. The van der Waals surface area contributed by atoms with E-state index in [0.717, 1.165) is 6.42 Å². The fourth-order valence-electron chi connectivity index (χ4n) is 3.56. The maximum atomic E-state index is 4.73. The van der Waals surface area contributed by atoms with Crippen LogP contribution in [0.5, 0.6) is 0 Å². The van der Waals surface area contributed by atoms with Crippen LogP contribution < -0.4 is 24.8 Å². The molecule has 128 valence electrons. The van der Waals surface area contributed by atoms with Gasteiger partial charge in [0.15, 0.2) is 0 Å². The molecule has 0 saturated heterocycles. The maximum Gasteiger partial charge on any atom is -1.00 e. The molecule has 0 amide bonds. The molecule has 5 heteroatoms. The Hall–Kier alpha value is -1.42. The van der Waals surface area contributed by atoms with Gasteiger partial charge in [-0.3, -0.25) is 0 Å². The van der Waals surface area contributed by atoms with Crippen molar-refractivity contribution in [1.29, 1.82) is 0 Å². The SMILES string of the molecule is C1=CC[C]([Hf+2][CH]2C(n3ncc4ccccc43)=Cc3ccccc32)=C1.[Cl-].[Cl-]. The van der Waals surface area contributed by atoms with E-state index in [9.17, 15) is 0 Å². The zero-order valence-electron chi connectivity index (χ0n) is 13.9. The van der Waals surface area contributed by atoms with Crippen LogP contribution >= 0.6 is 0 Å². The van der Waals surface area contributed by atoms with E-state index in [1.807, 2.05) is 6.20 Å². The molecule has 1 unspecified atom stereocenters. The Labute approximate surface area is 176 Å². The average molecular weight is 546 g/mol. The quantitative estimate of drug-likeness (QED) is 0.387. The fourth-order valence-corrected chi connectivity index (χ4v) is 9.20. The van der Waals surface area contributed by atoms with Crippen LogP contribution in [0, 0.1) is 0 Å². The summed E-state index contributed by atoms with van der Waals surface area (Å²) in [6.07, 6.45) is 12.4. The molecule has 1 heterocycles. The number of benzene rings is 2.